The summed E-state index contributed by atoms with van der Waals surface area (Å²) >= 11 is 0. The molecule has 0 saturated heterocycles. The zero-order valence-electron chi connectivity index (χ0n) is 14.4. The summed E-state index contributed by atoms with van der Waals surface area (Å²) in [6, 6.07) is 7.86. The molecule has 1 aromatic carbocycles. The van der Waals surface area contributed by atoms with Gasteiger partial charge in [0, 0.05) is 18.8 Å². The van der Waals surface area contributed by atoms with Crippen LogP contribution in [-0.2, 0) is 4.74 Å². The SMILES string of the molecule is CCCCOC(=O)c1cccc(N(CCCC)CCCC)c1. The highest BCUT2D eigenvalue weighted by atomic mass is 16.5. The second-order valence-corrected chi connectivity index (χ2v) is 5.73. The molecule has 0 fully saturated rings. The minimum atomic E-state index is -0.207. The number of rotatable bonds is 11. The van der Waals surface area contributed by atoms with Gasteiger partial charge in [-0.25, -0.2) is 4.79 Å². The smallest absolute Gasteiger partial charge is 0.338 e. The molecule has 0 saturated carbocycles. The second-order valence-electron chi connectivity index (χ2n) is 5.73. The maximum Gasteiger partial charge on any atom is 0.338 e. The van der Waals surface area contributed by atoms with Crippen LogP contribution in [0.2, 0.25) is 0 Å². The molecule has 0 aliphatic heterocycles. The highest BCUT2D eigenvalue weighted by Crippen LogP contribution is 2.18. The third-order valence-corrected chi connectivity index (χ3v) is 3.74. The van der Waals surface area contributed by atoms with Crippen molar-refractivity contribution in [3.8, 4) is 0 Å². The predicted molar refractivity (Wildman–Crippen MR) is 93.7 cm³/mol. The molecule has 3 nitrogen and oxygen atoms in total. The molecular formula is C19H31NO2. The lowest BCUT2D eigenvalue weighted by Crippen LogP contribution is -2.25. The lowest BCUT2D eigenvalue weighted by atomic mass is 10.1. The van der Waals surface area contributed by atoms with Gasteiger partial charge in [-0.15, -0.1) is 0 Å². The number of carbonyl (C=O) groups is 1. The summed E-state index contributed by atoms with van der Waals surface area (Å²) < 4.78 is 5.31. The van der Waals surface area contributed by atoms with Crippen LogP contribution in [0.3, 0.4) is 0 Å². The third-order valence-electron chi connectivity index (χ3n) is 3.74. The standard InChI is InChI=1S/C19H31NO2/c1-4-7-13-20(14-8-5-2)18-12-10-11-17(16-18)19(21)22-15-9-6-3/h10-12,16H,4-9,13-15H2,1-3H3. The van der Waals surface area contributed by atoms with Crippen LogP contribution in [0, 0.1) is 0 Å². The first-order valence-electron chi connectivity index (χ1n) is 8.75. The van der Waals surface area contributed by atoms with Crippen molar-refractivity contribution < 1.29 is 9.53 Å². The van der Waals surface area contributed by atoms with Crippen molar-refractivity contribution in [1.29, 1.82) is 0 Å². The van der Waals surface area contributed by atoms with E-state index >= 15 is 0 Å². The molecule has 1 rings (SSSR count). The largest absolute Gasteiger partial charge is 0.462 e. The minimum absolute atomic E-state index is 0.207. The zero-order valence-corrected chi connectivity index (χ0v) is 14.4. The molecule has 0 atom stereocenters. The van der Waals surface area contributed by atoms with Gasteiger partial charge in [0.15, 0.2) is 0 Å². The molecule has 124 valence electrons. The van der Waals surface area contributed by atoms with Crippen LogP contribution in [0.1, 0.15) is 69.7 Å². The number of anilines is 1. The summed E-state index contributed by atoms with van der Waals surface area (Å²) in [6.45, 7) is 9.11. The number of hydrogen-bond acceptors (Lipinski definition) is 3. The van der Waals surface area contributed by atoms with Crippen molar-refractivity contribution >= 4 is 11.7 Å². The molecule has 0 unspecified atom stereocenters. The summed E-state index contributed by atoms with van der Waals surface area (Å²) in [5, 5.41) is 0. The highest BCUT2D eigenvalue weighted by Gasteiger charge is 2.11. The topological polar surface area (TPSA) is 29.5 Å². The Hall–Kier alpha value is -1.51. The number of ether oxygens (including phenoxy) is 1. The van der Waals surface area contributed by atoms with E-state index in [0.29, 0.717) is 12.2 Å². The van der Waals surface area contributed by atoms with E-state index in [0.717, 1.165) is 31.6 Å². The fourth-order valence-corrected chi connectivity index (χ4v) is 2.29. The van der Waals surface area contributed by atoms with Crippen molar-refractivity contribution in [2.45, 2.75) is 59.3 Å². The maximum atomic E-state index is 12.1. The molecule has 22 heavy (non-hydrogen) atoms. The summed E-state index contributed by atoms with van der Waals surface area (Å²) in [5.74, 6) is -0.207. The number of benzene rings is 1. The van der Waals surface area contributed by atoms with E-state index in [1.807, 2.05) is 18.2 Å². The molecule has 0 bridgehead atoms. The van der Waals surface area contributed by atoms with Crippen LogP contribution in [0.5, 0.6) is 0 Å². The first kappa shape index (κ1) is 18.5. The van der Waals surface area contributed by atoms with Gasteiger partial charge in [0.1, 0.15) is 0 Å². The van der Waals surface area contributed by atoms with Gasteiger partial charge in [-0.2, -0.15) is 0 Å². The molecule has 0 N–H and O–H groups in total. The Bertz CT molecular complexity index is 423. The predicted octanol–water partition coefficient (Wildman–Crippen LogP) is 5.05. The summed E-state index contributed by atoms with van der Waals surface area (Å²) in [4.78, 5) is 14.5. The Morgan fingerprint density at radius 3 is 2.23 bits per heavy atom. The Morgan fingerprint density at radius 2 is 1.64 bits per heavy atom. The quantitative estimate of drug-likeness (QED) is 0.423. The van der Waals surface area contributed by atoms with Gasteiger partial charge in [0.2, 0.25) is 0 Å². The van der Waals surface area contributed by atoms with Gasteiger partial charge < -0.3 is 9.64 Å². The first-order valence-corrected chi connectivity index (χ1v) is 8.75. The summed E-state index contributed by atoms with van der Waals surface area (Å²) in [5.41, 5.74) is 1.79. The van der Waals surface area contributed by atoms with E-state index < -0.39 is 0 Å². The van der Waals surface area contributed by atoms with E-state index in [1.54, 1.807) is 0 Å². The number of carbonyl (C=O) groups excluding carboxylic acids is 1. The van der Waals surface area contributed by atoms with Crippen molar-refractivity contribution in [2.24, 2.45) is 0 Å². The van der Waals surface area contributed by atoms with Gasteiger partial charge >= 0.3 is 5.97 Å². The fourth-order valence-electron chi connectivity index (χ4n) is 2.29. The lowest BCUT2D eigenvalue weighted by Gasteiger charge is -2.25. The molecule has 0 aromatic heterocycles. The molecule has 3 heteroatoms. The van der Waals surface area contributed by atoms with Crippen LogP contribution in [0.25, 0.3) is 0 Å². The number of esters is 1. The third kappa shape index (κ3) is 6.50. The molecule has 0 radical (unpaired) electrons. The summed E-state index contributed by atoms with van der Waals surface area (Å²) in [7, 11) is 0. The van der Waals surface area contributed by atoms with Gasteiger partial charge in [-0.1, -0.05) is 46.1 Å². The van der Waals surface area contributed by atoms with Gasteiger partial charge in [0.25, 0.3) is 0 Å². The lowest BCUT2D eigenvalue weighted by molar-refractivity contribution is 0.0500. The van der Waals surface area contributed by atoms with Gasteiger partial charge in [-0.05, 0) is 37.5 Å². The molecule has 0 amide bonds. The Kier molecular flexibility index (Phi) is 9.36. The maximum absolute atomic E-state index is 12.1. The molecule has 0 spiro atoms. The highest BCUT2D eigenvalue weighted by molar-refractivity contribution is 5.90. The number of hydrogen-bond donors (Lipinski definition) is 0. The van der Waals surface area contributed by atoms with Crippen LogP contribution in [-0.4, -0.2) is 25.7 Å². The van der Waals surface area contributed by atoms with Crippen molar-refractivity contribution in [1.82, 2.24) is 0 Å². The van der Waals surface area contributed by atoms with Crippen molar-refractivity contribution in [3.05, 3.63) is 29.8 Å². The van der Waals surface area contributed by atoms with Crippen molar-refractivity contribution in [3.63, 3.8) is 0 Å². The Labute approximate surface area is 135 Å². The Balaban J connectivity index is 2.75. The molecule has 1 aromatic rings. The number of nitrogens with zero attached hydrogens (tertiary/aromatic N) is 1. The Morgan fingerprint density at radius 1 is 1.00 bits per heavy atom. The van der Waals surface area contributed by atoms with Gasteiger partial charge in [-0.3, -0.25) is 0 Å². The van der Waals surface area contributed by atoms with Crippen LogP contribution >= 0.6 is 0 Å². The van der Waals surface area contributed by atoms with E-state index in [4.69, 9.17) is 4.74 Å². The van der Waals surface area contributed by atoms with Crippen LogP contribution in [0.15, 0.2) is 24.3 Å². The van der Waals surface area contributed by atoms with Crippen LogP contribution in [0.4, 0.5) is 5.69 Å². The normalized spacial score (nSPS) is 10.5. The molecular weight excluding hydrogens is 274 g/mol. The average Bonchev–Trinajstić information content (AvgIpc) is 2.55. The molecule has 0 aliphatic carbocycles. The van der Waals surface area contributed by atoms with Crippen LogP contribution < -0.4 is 4.90 Å². The average molecular weight is 305 g/mol. The molecule has 0 heterocycles. The van der Waals surface area contributed by atoms with Gasteiger partial charge in [0.05, 0.1) is 12.2 Å². The van der Waals surface area contributed by atoms with E-state index in [2.05, 4.69) is 31.7 Å². The monoisotopic (exact) mass is 305 g/mol. The van der Waals surface area contributed by atoms with E-state index in [-0.39, 0.29) is 5.97 Å². The second kappa shape index (κ2) is 11.1. The number of unbranched alkanes of at least 4 members (excludes halogenated alkanes) is 3. The fraction of sp³-hybridized carbons (Fsp3) is 0.632. The first-order chi connectivity index (χ1) is 10.7. The van der Waals surface area contributed by atoms with E-state index in [1.165, 1.54) is 25.7 Å². The van der Waals surface area contributed by atoms with E-state index in [9.17, 15) is 4.79 Å². The molecule has 0 aliphatic rings. The van der Waals surface area contributed by atoms with Crippen molar-refractivity contribution in [2.75, 3.05) is 24.6 Å². The summed E-state index contributed by atoms with van der Waals surface area (Å²) in [6.07, 6.45) is 6.67. The zero-order chi connectivity index (χ0) is 16.2. The minimum Gasteiger partial charge on any atom is -0.462 e.